The van der Waals surface area contributed by atoms with Gasteiger partial charge in [0, 0.05) is 34.8 Å². The van der Waals surface area contributed by atoms with Crippen LogP contribution in [0, 0.1) is 6.92 Å². The van der Waals surface area contributed by atoms with E-state index in [2.05, 4.69) is 11.5 Å². The zero-order chi connectivity index (χ0) is 22.1. The molecule has 0 unspecified atom stereocenters. The van der Waals surface area contributed by atoms with Crippen LogP contribution in [0.25, 0.3) is 17.0 Å². The number of fused-ring (bicyclic) bond motifs is 2. The number of nitrogens with zero attached hydrogens (tertiary/aromatic N) is 1. The van der Waals surface area contributed by atoms with Gasteiger partial charge in [0.1, 0.15) is 23.9 Å². The van der Waals surface area contributed by atoms with Crippen molar-refractivity contribution >= 4 is 22.8 Å². The van der Waals surface area contributed by atoms with Crippen LogP contribution in [0.5, 0.6) is 17.2 Å². The summed E-state index contributed by atoms with van der Waals surface area (Å²) in [5.41, 5.74) is 4.59. The second-order valence-electron chi connectivity index (χ2n) is 7.85. The van der Waals surface area contributed by atoms with E-state index < -0.39 is 0 Å². The summed E-state index contributed by atoms with van der Waals surface area (Å²) in [7, 11) is 1.65. The van der Waals surface area contributed by atoms with Gasteiger partial charge in [0.2, 0.25) is 5.78 Å². The molecule has 3 aromatic rings. The van der Waals surface area contributed by atoms with Crippen LogP contribution in [0.1, 0.15) is 42.3 Å². The molecule has 2 heterocycles. The number of aromatic nitrogens is 1. The number of benzene rings is 2. The largest absolute Gasteiger partial charge is 0.497 e. The SMILES string of the molecule is CCn1cc(/C=C2/Oc3c(ccc(OCC=C(C)C)c3C)C2=O)c2cc(OC)ccc21. The van der Waals surface area contributed by atoms with E-state index in [1.807, 2.05) is 63.4 Å². The van der Waals surface area contributed by atoms with Crippen LogP contribution >= 0.6 is 0 Å². The average molecular weight is 418 g/mol. The summed E-state index contributed by atoms with van der Waals surface area (Å²) in [6, 6.07) is 9.58. The maximum atomic E-state index is 13.0. The number of ether oxygens (including phenoxy) is 3. The molecule has 0 N–H and O–H groups in total. The van der Waals surface area contributed by atoms with Crippen molar-refractivity contribution in [1.29, 1.82) is 0 Å². The van der Waals surface area contributed by atoms with Crippen molar-refractivity contribution in [3.8, 4) is 17.2 Å². The summed E-state index contributed by atoms with van der Waals surface area (Å²) in [6.45, 7) is 9.38. The molecular weight excluding hydrogens is 390 g/mol. The molecule has 1 aliphatic heterocycles. The van der Waals surface area contributed by atoms with Gasteiger partial charge in [-0.25, -0.2) is 0 Å². The topological polar surface area (TPSA) is 49.7 Å². The lowest BCUT2D eigenvalue weighted by Crippen LogP contribution is -1.98. The van der Waals surface area contributed by atoms with Crippen molar-refractivity contribution in [2.75, 3.05) is 13.7 Å². The van der Waals surface area contributed by atoms with Crippen LogP contribution in [0.2, 0.25) is 0 Å². The van der Waals surface area contributed by atoms with Gasteiger partial charge in [0.15, 0.2) is 5.76 Å². The quantitative estimate of drug-likeness (QED) is 0.368. The second kappa shape index (κ2) is 8.34. The van der Waals surface area contributed by atoms with Gasteiger partial charge in [0.05, 0.1) is 12.7 Å². The third-order valence-electron chi connectivity index (χ3n) is 5.51. The zero-order valence-corrected chi connectivity index (χ0v) is 18.6. The van der Waals surface area contributed by atoms with Crippen LogP contribution in [0.3, 0.4) is 0 Å². The molecule has 1 aliphatic rings. The third kappa shape index (κ3) is 3.83. The molecule has 4 rings (SSSR count). The number of aryl methyl sites for hydroxylation is 1. The predicted molar refractivity (Wildman–Crippen MR) is 123 cm³/mol. The standard InChI is InChI=1S/C26H27NO4/c1-6-27-15-18(21-14-19(29-5)7-9-22(21)27)13-24-25(28)20-8-10-23(17(4)26(20)31-24)30-12-11-16(2)3/h7-11,13-15H,6,12H2,1-5H3/b24-13+. The molecule has 0 spiro atoms. The highest BCUT2D eigenvalue weighted by Crippen LogP contribution is 2.40. The Hall–Kier alpha value is -3.47. The van der Waals surface area contributed by atoms with Crippen molar-refractivity contribution in [1.82, 2.24) is 4.57 Å². The van der Waals surface area contributed by atoms with Crippen molar-refractivity contribution < 1.29 is 19.0 Å². The highest BCUT2D eigenvalue weighted by atomic mass is 16.5. The van der Waals surface area contributed by atoms with E-state index in [1.165, 1.54) is 5.57 Å². The lowest BCUT2D eigenvalue weighted by Gasteiger charge is -2.10. The first-order valence-electron chi connectivity index (χ1n) is 10.4. The van der Waals surface area contributed by atoms with E-state index >= 15 is 0 Å². The third-order valence-corrected chi connectivity index (χ3v) is 5.51. The molecule has 5 nitrogen and oxygen atoms in total. The van der Waals surface area contributed by atoms with Gasteiger partial charge >= 0.3 is 0 Å². The fraction of sp³-hybridized carbons (Fsp3) is 0.269. The number of Topliss-reactive ketones (excluding diaryl/α,β-unsaturated/α-hetero) is 1. The van der Waals surface area contributed by atoms with E-state index in [1.54, 1.807) is 13.2 Å². The van der Waals surface area contributed by atoms with Gasteiger partial charge in [-0.15, -0.1) is 0 Å². The van der Waals surface area contributed by atoms with Crippen LogP contribution in [0.15, 0.2) is 53.9 Å². The second-order valence-corrected chi connectivity index (χ2v) is 7.85. The fourth-order valence-electron chi connectivity index (χ4n) is 3.77. The highest BCUT2D eigenvalue weighted by molar-refractivity contribution is 6.15. The Kier molecular flexibility index (Phi) is 5.59. The number of carbonyl (C=O) groups excluding carboxylic acids is 1. The lowest BCUT2D eigenvalue weighted by atomic mass is 10.1. The van der Waals surface area contributed by atoms with Crippen LogP contribution < -0.4 is 14.2 Å². The molecule has 2 aromatic carbocycles. The Balaban J connectivity index is 1.70. The summed E-state index contributed by atoms with van der Waals surface area (Å²) in [6.07, 6.45) is 5.87. The van der Waals surface area contributed by atoms with Crippen molar-refractivity contribution in [3.63, 3.8) is 0 Å². The van der Waals surface area contributed by atoms with Crippen LogP contribution in [0.4, 0.5) is 0 Å². The summed E-state index contributed by atoms with van der Waals surface area (Å²) < 4.78 is 19.4. The highest BCUT2D eigenvalue weighted by Gasteiger charge is 2.30. The maximum Gasteiger partial charge on any atom is 0.231 e. The smallest absolute Gasteiger partial charge is 0.231 e. The van der Waals surface area contributed by atoms with Gasteiger partial charge < -0.3 is 18.8 Å². The maximum absolute atomic E-state index is 13.0. The Morgan fingerprint density at radius 3 is 2.71 bits per heavy atom. The first-order valence-corrected chi connectivity index (χ1v) is 10.4. The number of methoxy groups -OCH3 is 1. The minimum Gasteiger partial charge on any atom is -0.497 e. The zero-order valence-electron chi connectivity index (χ0n) is 18.6. The number of hydrogen-bond donors (Lipinski definition) is 0. The Labute approximate surface area is 182 Å². The molecule has 160 valence electrons. The van der Waals surface area contributed by atoms with E-state index in [0.29, 0.717) is 23.7 Å². The number of hydrogen-bond acceptors (Lipinski definition) is 4. The molecule has 31 heavy (non-hydrogen) atoms. The van der Waals surface area contributed by atoms with Crippen LogP contribution in [-0.2, 0) is 6.54 Å². The molecule has 0 saturated heterocycles. The minimum atomic E-state index is -0.116. The molecule has 0 bridgehead atoms. The molecule has 0 atom stereocenters. The number of rotatable bonds is 6. The molecular formula is C26H27NO4. The molecule has 1 aromatic heterocycles. The van der Waals surface area contributed by atoms with Crippen molar-refractivity contribution in [2.24, 2.45) is 0 Å². The summed E-state index contributed by atoms with van der Waals surface area (Å²) >= 11 is 0. The Bertz CT molecular complexity index is 1230. The molecule has 0 fully saturated rings. The molecule has 0 amide bonds. The summed E-state index contributed by atoms with van der Waals surface area (Å²) in [4.78, 5) is 13.0. The predicted octanol–water partition coefficient (Wildman–Crippen LogP) is 5.94. The fourth-order valence-corrected chi connectivity index (χ4v) is 3.77. The minimum absolute atomic E-state index is 0.116. The Morgan fingerprint density at radius 2 is 2.00 bits per heavy atom. The molecule has 0 radical (unpaired) electrons. The number of ketones is 1. The number of carbonyl (C=O) groups is 1. The van der Waals surface area contributed by atoms with Gasteiger partial charge in [-0.2, -0.15) is 0 Å². The van der Waals surface area contributed by atoms with E-state index in [0.717, 1.165) is 40.1 Å². The summed E-state index contributed by atoms with van der Waals surface area (Å²) in [5.74, 6) is 2.27. The van der Waals surface area contributed by atoms with Crippen molar-refractivity contribution in [3.05, 3.63) is 70.6 Å². The van der Waals surface area contributed by atoms with E-state index in [9.17, 15) is 4.79 Å². The first-order chi connectivity index (χ1) is 14.9. The van der Waals surface area contributed by atoms with Gasteiger partial charge in [-0.05, 0) is 70.2 Å². The van der Waals surface area contributed by atoms with Crippen molar-refractivity contribution in [2.45, 2.75) is 34.2 Å². The molecule has 0 aliphatic carbocycles. The van der Waals surface area contributed by atoms with Gasteiger partial charge in [0.25, 0.3) is 0 Å². The lowest BCUT2D eigenvalue weighted by molar-refractivity contribution is 0.101. The normalized spacial score (nSPS) is 14.0. The van der Waals surface area contributed by atoms with E-state index in [-0.39, 0.29) is 5.78 Å². The van der Waals surface area contributed by atoms with Gasteiger partial charge in [-0.3, -0.25) is 4.79 Å². The molecule has 5 heteroatoms. The molecule has 0 saturated carbocycles. The number of allylic oxidation sites excluding steroid dienone is 2. The first kappa shape index (κ1) is 20.8. The van der Waals surface area contributed by atoms with Gasteiger partial charge in [-0.1, -0.05) is 5.57 Å². The van der Waals surface area contributed by atoms with E-state index in [4.69, 9.17) is 14.2 Å². The average Bonchev–Trinajstić information content (AvgIpc) is 3.27. The monoisotopic (exact) mass is 417 g/mol. The Morgan fingerprint density at radius 1 is 1.19 bits per heavy atom. The van der Waals surface area contributed by atoms with Crippen LogP contribution in [-0.4, -0.2) is 24.1 Å². The summed E-state index contributed by atoms with van der Waals surface area (Å²) in [5, 5.41) is 1.02.